The lowest BCUT2D eigenvalue weighted by molar-refractivity contribution is -0.134. The average molecular weight is 441 g/mol. The lowest BCUT2D eigenvalue weighted by Gasteiger charge is -2.28. The van der Waals surface area contributed by atoms with Gasteiger partial charge in [0.15, 0.2) is 0 Å². The molecule has 2 aromatic rings. The van der Waals surface area contributed by atoms with Crippen molar-refractivity contribution in [3.63, 3.8) is 0 Å². The molecule has 1 saturated heterocycles. The van der Waals surface area contributed by atoms with Crippen molar-refractivity contribution in [1.29, 1.82) is 0 Å². The van der Waals surface area contributed by atoms with E-state index in [1.54, 1.807) is 42.5 Å². The van der Waals surface area contributed by atoms with Gasteiger partial charge in [-0.05, 0) is 42.5 Å². The van der Waals surface area contributed by atoms with Crippen molar-refractivity contribution in [1.82, 2.24) is 9.62 Å². The molecular formula is C21H20ClF3N2OS. The van der Waals surface area contributed by atoms with Gasteiger partial charge in [0.2, 0.25) is 5.91 Å². The Balaban J connectivity index is 1.67. The lowest BCUT2D eigenvalue weighted by Crippen LogP contribution is -2.47. The highest BCUT2D eigenvalue weighted by Crippen LogP contribution is 2.40. The van der Waals surface area contributed by atoms with Gasteiger partial charge in [0.25, 0.3) is 5.92 Å². The van der Waals surface area contributed by atoms with E-state index in [2.05, 4.69) is 17.5 Å². The standard InChI is InChI=1S/C21H20ClF3N2OS/c22-15-5-1-3-13(9-15)16-6-2-4-14(18(16)23)10-17-19(26-29)21(24,25)11-27(17)20(28)12-7-8-12/h1-6,9,12,17,19,26,29H,7-8,10-11H2. The fraction of sp³-hybridized carbons (Fsp3) is 0.381. The maximum atomic E-state index is 15.3. The molecule has 1 saturated carbocycles. The molecule has 2 atom stereocenters. The smallest absolute Gasteiger partial charge is 0.283 e. The molecule has 4 rings (SSSR count). The molecule has 8 heteroatoms. The number of carbonyl (C=O) groups excluding carboxylic acids is 1. The molecule has 2 aliphatic rings. The van der Waals surface area contributed by atoms with Gasteiger partial charge in [-0.3, -0.25) is 9.52 Å². The Morgan fingerprint density at radius 1 is 1.24 bits per heavy atom. The number of halogens is 4. The number of likely N-dealkylation sites (tertiary alicyclic amines) is 1. The molecule has 2 unspecified atom stereocenters. The normalized spacial score (nSPS) is 23.4. The Bertz CT molecular complexity index is 938. The number of rotatable bonds is 5. The number of nitrogens with one attached hydrogen (secondary N) is 1. The van der Waals surface area contributed by atoms with Gasteiger partial charge in [0.1, 0.15) is 11.9 Å². The number of amides is 1. The van der Waals surface area contributed by atoms with E-state index in [4.69, 9.17) is 11.6 Å². The summed E-state index contributed by atoms with van der Waals surface area (Å²) in [6.45, 7) is -0.680. The van der Waals surface area contributed by atoms with Crippen LogP contribution in [0.3, 0.4) is 0 Å². The third-order valence-corrected chi connectivity index (χ3v) is 6.13. The summed E-state index contributed by atoms with van der Waals surface area (Å²) in [5.74, 6) is -4.12. The average Bonchev–Trinajstić information content (AvgIpc) is 3.48. The molecular weight excluding hydrogens is 421 g/mol. The summed E-state index contributed by atoms with van der Waals surface area (Å²) in [7, 11) is 0. The van der Waals surface area contributed by atoms with E-state index >= 15 is 4.39 Å². The van der Waals surface area contributed by atoms with Gasteiger partial charge in [0, 0.05) is 16.5 Å². The molecule has 1 amide bonds. The number of carbonyl (C=O) groups is 1. The highest BCUT2D eigenvalue weighted by molar-refractivity contribution is 7.78. The summed E-state index contributed by atoms with van der Waals surface area (Å²) in [6, 6.07) is 9.41. The Labute approximate surface area is 177 Å². The van der Waals surface area contributed by atoms with Gasteiger partial charge in [-0.2, -0.15) is 0 Å². The van der Waals surface area contributed by atoms with Crippen molar-refractivity contribution in [3.8, 4) is 11.1 Å². The van der Waals surface area contributed by atoms with Crippen LogP contribution in [0.15, 0.2) is 42.5 Å². The first-order chi connectivity index (χ1) is 13.8. The summed E-state index contributed by atoms with van der Waals surface area (Å²) < 4.78 is 46.7. The molecule has 154 valence electrons. The molecule has 2 fully saturated rings. The monoisotopic (exact) mass is 440 g/mol. The van der Waals surface area contributed by atoms with Gasteiger partial charge in [-0.15, -0.1) is 0 Å². The molecule has 1 heterocycles. The van der Waals surface area contributed by atoms with Gasteiger partial charge < -0.3 is 4.90 Å². The SMILES string of the molecule is O=C(C1CC1)N1CC(F)(F)C(NS)C1Cc1cccc(-c2cccc(Cl)c2)c1F. The second-order valence-electron chi connectivity index (χ2n) is 7.67. The molecule has 0 spiro atoms. The first-order valence-electron chi connectivity index (χ1n) is 9.43. The van der Waals surface area contributed by atoms with Crippen LogP contribution >= 0.6 is 24.4 Å². The first-order valence-corrected chi connectivity index (χ1v) is 10.3. The Kier molecular flexibility index (Phi) is 5.57. The lowest BCUT2D eigenvalue weighted by atomic mass is 9.95. The number of hydrogen-bond acceptors (Lipinski definition) is 3. The zero-order valence-corrected chi connectivity index (χ0v) is 17.1. The molecule has 1 aliphatic carbocycles. The topological polar surface area (TPSA) is 32.3 Å². The van der Waals surface area contributed by atoms with Crippen LogP contribution in [0.4, 0.5) is 13.2 Å². The number of alkyl halides is 2. The Hall–Kier alpha value is -1.70. The van der Waals surface area contributed by atoms with Crippen LogP contribution in [0, 0.1) is 11.7 Å². The molecule has 1 aliphatic heterocycles. The van der Waals surface area contributed by atoms with E-state index in [0.717, 1.165) is 0 Å². The van der Waals surface area contributed by atoms with Crippen molar-refractivity contribution >= 4 is 30.3 Å². The van der Waals surface area contributed by atoms with Crippen LogP contribution in [0.25, 0.3) is 11.1 Å². The van der Waals surface area contributed by atoms with E-state index in [-0.39, 0.29) is 23.8 Å². The Morgan fingerprint density at radius 3 is 2.62 bits per heavy atom. The third-order valence-electron chi connectivity index (χ3n) is 5.61. The van der Waals surface area contributed by atoms with E-state index in [0.29, 0.717) is 29.0 Å². The van der Waals surface area contributed by atoms with Crippen LogP contribution in [0.1, 0.15) is 18.4 Å². The van der Waals surface area contributed by atoms with Crippen molar-refractivity contribution in [3.05, 3.63) is 58.9 Å². The fourth-order valence-corrected chi connectivity index (χ4v) is 4.51. The third kappa shape index (κ3) is 4.00. The van der Waals surface area contributed by atoms with Gasteiger partial charge >= 0.3 is 0 Å². The number of hydrogen-bond donors (Lipinski definition) is 2. The van der Waals surface area contributed by atoms with E-state index < -0.39 is 30.4 Å². The summed E-state index contributed by atoms with van der Waals surface area (Å²) in [6.07, 6.45) is 1.39. The minimum absolute atomic E-state index is 0.0352. The van der Waals surface area contributed by atoms with E-state index in [1.165, 1.54) is 4.90 Å². The minimum Gasteiger partial charge on any atom is -0.331 e. The molecule has 1 N–H and O–H groups in total. The predicted molar refractivity (Wildman–Crippen MR) is 110 cm³/mol. The highest BCUT2D eigenvalue weighted by atomic mass is 35.5. The van der Waals surface area contributed by atoms with Crippen LogP contribution in [-0.4, -0.2) is 35.4 Å². The van der Waals surface area contributed by atoms with Crippen LogP contribution in [-0.2, 0) is 11.2 Å². The van der Waals surface area contributed by atoms with Crippen molar-refractivity contribution in [2.24, 2.45) is 5.92 Å². The summed E-state index contributed by atoms with van der Waals surface area (Å²) in [5.41, 5.74) is 1.21. The molecule has 3 nitrogen and oxygen atoms in total. The molecule has 0 bridgehead atoms. The fourth-order valence-electron chi connectivity index (χ4n) is 3.96. The summed E-state index contributed by atoms with van der Waals surface area (Å²) >= 11 is 9.89. The largest absolute Gasteiger partial charge is 0.331 e. The summed E-state index contributed by atoms with van der Waals surface area (Å²) in [5, 5.41) is 0.475. The maximum absolute atomic E-state index is 15.3. The predicted octanol–water partition coefficient (Wildman–Crippen LogP) is 4.75. The number of nitrogens with zero attached hydrogens (tertiary/aromatic N) is 1. The van der Waals surface area contributed by atoms with Gasteiger partial charge in [0.05, 0.1) is 12.6 Å². The van der Waals surface area contributed by atoms with Gasteiger partial charge in [-0.25, -0.2) is 13.2 Å². The Morgan fingerprint density at radius 2 is 1.97 bits per heavy atom. The van der Waals surface area contributed by atoms with Crippen LogP contribution in [0.5, 0.6) is 0 Å². The van der Waals surface area contributed by atoms with Crippen molar-refractivity contribution in [2.75, 3.05) is 6.54 Å². The van der Waals surface area contributed by atoms with Crippen LogP contribution in [0.2, 0.25) is 5.02 Å². The zero-order chi connectivity index (χ0) is 20.8. The first kappa shape index (κ1) is 20.6. The van der Waals surface area contributed by atoms with E-state index in [9.17, 15) is 13.6 Å². The second kappa shape index (κ2) is 7.85. The highest BCUT2D eigenvalue weighted by Gasteiger charge is 2.56. The maximum Gasteiger partial charge on any atom is 0.283 e. The minimum atomic E-state index is -3.14. The van der Waals surface area contributed by atoms with Gasteiger partial charge in [-0.1, -0.05) is 54.7 Å². The zero-order valence-electron chi connectivity index (χ0n) is 15.4. The number of benzene rings is 2. The molecule has 2 aromatic carbocycles. The quantitative estimate of drug-likeness (QED) is 0.658. The summed E-state index contributed by atoms with van der Waals surface area (Å²) in [4.78, 5) is 13.8. The van der Waals surface area contributed by atoms with Crippen molar-refractivity contribution < 1.29 is 18.0 Å². The second-order valence-corrected chi connectivity index (χ2v) is 8.36. The number of thiol groups is 1. The van der Waals surface area contributed by atoms with Crippen LogP contribution < -0.4 is 4.72 Å². The molecule has 29 heavy (non-hydrogen) atoms. The van der Waals surface area contributed by atoms with E-state index in [1.807, 2.05) is 0 Å². The molecule has 0 radical (unpaired) electrons. The molecule has 0 aromatic heterocycles. The van der Waals surface area contributed by atoms with Crippen molar-refractivity contribution in [2.45, 2.75) is 37.3 Å².